The lowest BCUT2D eigenvalue weighted by atomic mass is 10.1. The van der Waals surface area contributed by atoms with Gasteiger partial charge < -0.3 is 9.64 Å². The van der Waals surface area contributed by atoms with E-state index in [-0.39, 0.29) is 18.1 Å². The predicted molar refractivity (Wildman–Crippen MR) is 81.7 cm³/mol. The van der Waals surface area contributed by atoms with E-state index in [1.165, 1.54) is 0 Å². The van der Waals surface area contributed by atoms with E-state index in [4.69, 9.17) is 4.74 Å². The predicted octanol–water partition coefficient (Wildman–Crippen LogP) is 1.67. The molecule has 0 bridgehead atoms. The zero-order chi connectivity index (χ0) is 15.3. The molecular formula is C16H20N4O2. The third-order valence-electron chi connectivity index (χ3n) is 4.85. The maximum atomic E-state index is 12.9. The molecule has 6 heteroatoms. The zero-order valence-corrected chi connectivity index (χ0v) is 13.0. The van der Waals surface area contributed by atoms with Gasteiger partial charge >= 0.3 is 0 Å². The summed E-state index contributed by atoms with van der Waals surface area (Å²) in [7, 11) is 1.87. The molecule has 6 nitrogen and oxygen atoms in total. The Hall–Kier alpha value is -1.95. The lowest BCUT2D eigenvalue weighted by molar-refractivity contribution is -0.0445. The second-order valence-corrected chi connectivity index (χ2v) is 6.21. The number of amides is 1. The molecule has 2 aromatic rings. The normalized spacial score (nSPS) is 24.7. The largest absolute Gasteiger partial charge is 0.374 e. The molecule has 1 amide bonds. The van der Waals surface area contributed by atoms with Gasteiger partial charge in [-0.1, -0.05) is 0 Å². The summed E-state index contributed by atoms with van der Waals surface area (Å²) in [5, 5.41) is 5.31. The number of hydrogen-bond acceptors (Lipinski definition) is 4. The molecule has 22 heavy (non-hydrogen) atoms. The Balaban J connectivity index is 1.68. The molecule has 1 saturated heterocycles. The topological polar surface area (TPSA) is 60.2 Å². The van der Waals surface area contributed by atoms with E-state index < -0.39 is 0 Å². The molecule has 0 radical (unpaired) electrons. The standard InChI is InChI=1S/C16H20N4O2/c1-10-12-8-11(9-17-15(12)19(2)18-10)16(21)20-6-7-22-14-5-3-4-13(14)20/h8-9,13-14H,3-7H2,1-2H3. The van der Waals surface area contributed by atoms with Crippen LogP contribution in [0.5, 0.6) is 0 Å². The quantitative estimate of drug-likeness (QED) is 0.804. The second kappa shape index (κ2) is 5.05. The fraction of sp³-hybridized carbons (Fsp3) is 0.562. The van der Waals surface area contributed by atoms with Crippen LogP contribution in [0, 0.1) is 6.92 Å². The second-order valence-electron chi connectivity index (χ2n) is 6.21. The highest BCUT2D eigenvalue weighted by atomic mass is 16.5. The van der Waals surface area contributed by atoms with Crippen LogP contribution in [0.2, 0.25) is 0 Å². The van der Waals surface area contributed by atoms with Crippen molar-refractivity contribution in [2.45, 2.75) is 38.3 Å². The Kier molecular flexibility index (Phi) is 3.14. The van der Waals surface area contributed by atoms with E-state index in [0.29, 0.717) is 18.7 Å². The van der Waals surface area contributed by atoms with Crippen molar-refractivity contribution in [1.29, 1.82) is 0 Å². The summed E-state index contributed by atoms with van der Waals surface area (Å²) >= 11 is 0. The Morgan fingerprint density at radius 1 is 1.41 bits per heavy atom. The van der Waals surface area contributed by atoms with Crippen molar-refractivity contribution in [1.82, 2.24) is 19.7 Å². The molecule has 2 fully saturated rings. The summed E-state index contributed by atoms with van der Waals surface area (Å²) in [6.07, 6.45) is 5.13. The van der Waals surface area contributed by atoms with Crippen LogP contribution >= 0.6 is 0 Å². The highest BCUT2D eigenvalue weighted by Gasteiger charge is 2.38. The van der Waals surface area contributed by atoms with Gasteiger partial charge in [0, 0.05) is 25.2 Å². The summed E-state index contributed by atoms with van der Waals surface area (Å²) in [6.45, 7) is 3.25. The van der Waals surface area contributed by atoms with Crippen LogP contribution in [0.15, 0.2) is 12.3 Å². The summed E-state index contributed by atoms with van der Waals surface area (Å²) < 4.78 is 7.54. The lowest BCUT2D eigenvalue weighted by Crippen LogP contribution is -2.51. The van der Waals surface area contributed by atoms with Gasteiger partial charge in [-0.2, -0.15) is 5.10 Å². The first-order valence-corrected chi connectivity index (χ1v) is 7.87. The maximum absolute atomic E-state index is 12.9. The molecule has 116 valence electrons. The van der Waals surface area contributed by atoms with Gasteiger partial charge in [-0.25, -0.2) is 4.98 Å². The van der Waals surface area contributed by atoms with E-state index in [0.717, 1.165) is 36.0 Å². The summed E-state index contributed by atoms with van der Waals surface area (Å²) in [4.78, 5) is 19.3. The monoisotopic (exact) mass is 300 g/mol. The molecule has 1 aliphatic heterocycles. The molecule has 0 spiro atoms. The van der Waals surface area contributed by atoms with Gasteiger partial charge in [0.05, 0.1) is 30.0 Å². The minimum Gasteiger partial charge on any atom is -0.374 e. The SMILES string of the molecule is Cc1nn(C)c2ncc(C(=O)N3CCOC4CCCC43)cc12. The smallest absolute Gasteiger partial charge is 0.255 e. The van der Waals surface area contributed by atoms with Gasteiger partial charge in [-0.3, -0.25) is 9.48 Å². The fourth-order valence-corrected chi connectivity index (χ4v) is 3.77. The Morgan fingerprint density at radius 3 is 3.14 bits per heavy atom. The molecule has 1 saturated carbocycles. The third kappa shape index (κ3) is 2.01. The molecular weight excluding hydrogens is 280 g/mol. The zero-order valence-electron chi connectivity index (χ0n) is 13.0. The molecule has 0 aromatic carbocycles. The maximum Gasteiger partial charge on any atom is 0.255 e. The number of pyridine rings is 1. The Labute approximate surface area is 129 Å². The minimum absolute atomic E-state index is 0.0675. The number of carbonyl (C=O) groups is 1. The van der Waals surface area contributed by atoms with Crippen molar-refractivity contribution in [2.75, 3.05) is 13.2 Å². The fourth-order valence-electron chi connectivity index (χ4n) is 3.77. The van der Waals surface area contributed by atoms with Crippen molar-refractivity contribution in [3.8, 4) is 0 Å². The average molecular weight is 300 g/mol. The third-order valence-corrected chi connectivity index (χ3v) is 4.85. The molecule has 2 aliphatic rings. The molecule has 2 unspecified atom stereocenters. The number of rotatable bonds is 1. The van der Waals surface area contributed by atoms with E-state index >= 15 is 0 Å². The van der Waals surface area contributed by atoms with E-state index in [1.54, 1.807) is 10.9 Å². The average Bonchev–Trinajstić information content (AvgIpc) is 3.11. The Bertz CT molecular complexity index is 739. The van der Waals surface area contributed by atoms with Gasteiger partial charge in [0.25, 0.3) is 5.91 Å². The van der Waals surface area contributed by atoms with Gasteiger partial charge in [-0.05, 0) is 32.3 Å². The first-order chi connectivity index (χ1) is 10.6. The Morgan fingerprint density at radius 2 is 2.27 bits per heavy atom. The number of ether oxygens (including phenoxy) is 1. The lowest BCUT2D eigenvalue weighted by Gasteiger charge is -2.37. The van der Waals surface area contributed by atoms with Crippen molar-refractivity contribution >= 4 is 16.9 Å². The van der Waals surface area contributed by atoms with E-state index in [2.05, 4.69) is 10.1 Å². The number of aromatic nitrogens is 3. The van der Waals surface area contributed by atoms with Gasteiger partial charge in [0.15, 0.2) is 5.65 Å². The van der Waals surface area contributed by atoms with Crippen molar-refractivity contribution in [2.24, 2.45) is 7.05 Å². The summed E-state index contributed by atoms with van der Waals surface area (Å²) in [5.74, 6) is 0.0675. The minimum atomic E-state index is 0.0675. The molecule has 1 aliphatic carbocycles. The van der Waals surface area contributed by atoms with E-state index in [9.17, 15) is 4.79 Å². The van der Waals surface area contributed by atoms with Crippen molar-refractivity contribution in [3.05, 3.63) is 23.5 Å². The highest BCUT2D eigenvalue weighted by molar-refractivity contribution is 5.97. The van der Waals surface area contributed by atoms with Crippen LogP contribution in [0.4, 0.5) is 0 Å². The van der Waals surface area contributed by atoms with Gasteiger partial charge in [0.2, 0.25) is 0 Å². The van der Waals surface area contributed by atoms with Gasteiger partial charge in [-0.15, -0.1) is 0 Å². The number of morpholine rings is 1. The first-order valence-electron chi connectivity index (χ1n) is 7.87. The molecule has 3 heterocycles. The van der Waals surface area contributed by atoms with Crippen LogP contribution in [-0.4, -0.2) is 50.9 Å². The molecule has 2 aromatic heterocycles. The number of carbonyl (C=O) groups excluding carboxylic acids is 1. The van der Waals surface area contributed by atoms with Crippen molar-refractivity contribution in [3.63, 3.8) is 0 Å². The van der Waals surface area contributed by atoms with Crippen LogP contribution in [0.3, 0.4) is 0 Å². The number of fused-ring (bicyclic) bond motifs is 2. The van der Waals surface area contributed by atoms with E-state index in [1.807, 2.05) is 24.9 Å². The summed E-state index contributed by atoms with van der Waals surface area (Å²) in [5.41, 5.74) is 2.37. The van der Waals surface area contributed by atoms with Crippen LogP contribution in [0.25, 0.3) is 11.0 Å². The summed E-state index contributed by atoms with van der Waals surface area (Å²) in [6, 6.07) is 2.15. The molecule has 2 atom stereocenters. The molecule has 0 N–H and O–H groups in total. The number of aryl methyl sites for hydroxylation is 2. The highest BCUT2D eigenvalue weighted by Crippen LogP contribution is 2.31. The van der Waals surface area contributed by atoms with Crippen LogP contribution in [-0.2, 0) is 11.8 Å². The van der Waals surface area contributed by atoms with Crippen LogP contribution < -0.4 is 0 Å². The van der Waals surface area contributed by atoms with Crippen molar-refractivity contribution < 1.29 is 9.53 Å². The number of nitrogens with zero attached hydrogens (tertiary/aromatic N) is 4. The number of hydrogen-bond donors (Lipinski definition) is 0. The first kappa shape index (κ1) is 13.7. The van der Waals surface area contributed by atoms with Gasteiger partial charge in [0.1, 0.15) is 0 Å². The molecule has 4 rings (SSSR count). The van der Waals surface area contributed by atoms with Crippen LogP contribution in [0.1, 0.15) is 35.3 Å².